The van der Waals surface area contributed by atoms with Gasteiger partial charge in [0.15, 0.2) is 9.84 Å². The van der Waals surface area contributed by atoms with Gasteiger partial charge in [-0.15, -0.1) is 0 Å². The predicted octanol–water partition coefficient (Wildman–Crippen LogP) is 1.31. The molecule has 0 saturated carbocycles. The number of sulfone groups is 1. The summed E-state index contributed by atoms with van der Waals surface area (Å²) in [6.45, 7) is -0.526. The fourth-order valence-corrected chi connectivity index (χ4v) is 3.18. The Morgan fingerprint density at radius 1 is 1.47 bits per heavy atom. The Labute approximate surface area is 110 Å². The van der Waals surface area contributed by atoms with Crippen LogP contribution in [0, 0.1) is 0 Å². The van der Waals surface area contributed by atoms with E-state index in [1.807, 2.05) is 4.90 Å². The molecule has 0 aliphatic carbocycles. The summed E-state index contributed by atoms with van der Waals surface area (Å²) in [5.41, 5.74) is 0. The van der Waals surface area contributed by atoms with Crippen LogP contribution in [0.4, 0.5) is 14.6 Å². The van der Waals surface area contributed by atoms with E-state index in [1.54, 1.807) is 13.0 Å². The Balaban J connectivity index is 2.07. The van der Waals surface area contributed by atoms with Gasteiger partial charge in [-0.3, -0.25) is 0 Å². The fourth-order valence-electron chi connectivity index (χ4n) is 1.89. The maximum atomic E-state index is 12.0. The van der Waals surface area contributed by atoms with Crippen LogP contribution in [-0.2, 0) is 9.84 Å². The topological polar surface area (TPSA) is 59.5 Å². The minimum atomic E-state index is -3.02. The van der Waals surface area contributed by atoms with Crippen molar-refractivity contribution in [2.45, 2.75) is 18.8 Å². The molecule has 0 N–H and O–H groups in total. The van der Waals surface area contributed by atoms with Crippen LogP contribution >= 0.6 is 0 Å². The number of anilines is 1. The third-order valence-corrected chi connectivity index (χ3v) is 5.13. The molecule has 1 saturated heterocycles. The van der Waals surface area contributed by atoms with Gasteiger partial charge >= 0.3 is 6.61 Å². The Hall–Kier alpha value is -1.44. The quantitative estimate of drug-likeness (QED) is 0.840. The third-order valence-electron chi connectivity index (χ3n) is 3.01. The zero-order chi connectivity index (χ0) is 14.0. The van der Waals surface area contributed by atoms with Crippen LogP contribution in [0.3, 0.4) is 0 Å². The van der Waals surface area contributed by atoms with E-state index in [4.69, 9.17) is 0 Å². The van der Waals surface area contributed by atoms with E-state index in [2.05, 4.69) is 9.72 Å². The monoisotopic (exact) mass is 292 g/mol. The van der Waals surface area contributed by atoms with Gasteiger partial charge in [0.05, 0.1) is 17.2 Å². The van der Waals surface area contributed by atoms with Crippen molar-refractivity contribution in [2.75, 3.05) is 23.7 Å². The summed E-state index contributed by atoms with van der Waals surface area (Å²) in [5.74, 6) is 0.616. The first-order chi connectivity index (χ1) is 8.88. The van der Waals surface area contributed by atoms with E-state index in [0.29, 0.717) is 18.9 Å². The van der Waals surface area contributed by atoms with Crippen molar-refractivity contribution in [3.8, 4) is 5.75 Å². The van der Waals surface area contributed by atoms with Crippen LogP contribution < -0.4 is 9.64 Å². The van der Waals surface area contributed by atoms with Crippen LogP contribution in [0.15, 0.2) is 18.3 Å². The number of hydrogen-bond donors (Lipinski definition) is 0. The largest absolute Gasteiger partial charge is 0.433 e. The third kappa shape index (κ3) is 3.31. The zero-order valence-corrected chi connectivity index (χ0v) is 11.1. The molecule has 0 bridgehead atoms. The summed E-state index contributed by atoms with van der Waals surface area (Å²) in [6, 6.07) is 2.94. The van der Waals surface area contributed by atoms with Crippen molar-refractivity contribution < 1.29 is 21.9 Å². The van der Waals surface area contributed by atoms with Gasteiger partial charge in [-0.2, -0.15) is 8.78 Å². The number of aromatic nitrogens is 1. The molecular weight excluding hydrogens is 278 g/mol. The first-order valence-corrected chi connectivity index (χ1v) is 7.47. The summed E-state index contributed by atoms with van der Waals surface area (Å²) in [6.07, 6.45) is 1.20. The highest BCUT2D eigenvalue weighted by Crippen LogP contribution is 2.21. The average Bonchev–Trinajstić information content (AvgIpc) is 2.33. The van der Waals surface area contributed by atoms with Gasteiger partial charge < -0.3 is 9.64 Å². The first-order valence-electron chi connectivity index (χ1n) is 5.76. The van der Waals surface area contributed by atoms with Crippen molar-refractivity contribution in [1.82, 2.24) is 4.98 Å². The van der Waals surface area contributed by atoms with Gasteiger partial charge in [0.1, 0.15) is 11.6 Å². The smallest absolute Gasteiger partial charge is 0.387 e. The molecule has 5 nitrogen and oxygen atoms in total. The number of pyridine rings is 1. The van der Waals surface area contributed by atoms with Gasteiger partial charge in [0, 0.05) is 13.1 Å². The lowest BCUT2D eigenvalue weighted by atomic mass is 10.3. The van der Waals surface area contributed by atoms with Crippen molar-refractivity contribution in [3.63, 3.8) is 0 Å². The molecule has 1 aromatic rings. The van der Waals surface area contributed by atoms with Crippen LogP contribution in [0.25, 0.3) is 0 Å². The van der Waals surface area contributed by atoms with E-state index in [9.17, 15) is 17.2 Å². The molecule has 1 unspecified atom stereocenters. The normalized spacial score (nSPS) is 22.5. The molecule has 0 radical (unpaired) electrons. The standard InChI is InChI=1S/C11H14F2N2O3S/c1-8-7-15(4-5-19(8,16)17)10-3-2-9(6-14-10)18-11(12)13/h2-3,6,8,11H,4-5,7H2,1H3. The first kappa shape index (κ1) is 14.0. The summed E-state index contributed by atoms with van der Waals surface area (Å²) in [7, 11) is -3.02. The highest BCUT2D eigenvalue weighted by molar-refractivity contribution is 7.92. The zero-order valence-electron chi connectivity index (χ0n) is 10.3. The van der Waals surface area contributed by atoms with Crippen molar-refractivity contribution in [2.24, 2.45) is 0 Å². The Morgan fingerprint density at radius 3 is 2.74 bits per heavy atom. The number of halogens is 2. The summed E-state index contributed by atoms with van der Waals surface area (Å²) < 4.78 is 51.3. The molecule has 0 aromatic carbocycles. The number of rotatable bonds is 3. The molecule has 1 atom stereocenters. The molecule has 1 aromatic heterocycles. The molecule has 2 rings (SSSR count). The fraction of sp³-hybridized carbons (Fsp3) is 0.545. The van der Waals surface area contributed by atoms with Gasteiger partial charge in [0.2, 0.25) is 0 Å². The molecular formula is C11H14F2N2O3S. The van der Waals surface area contributed by atoms with Crippen LogP contribution in [0.2, 0.25) is 0 Å². The minimum Gasteiger partial charge on any atom is -0.433 e. The summed E-state index contributed by atoms with van der Waals surface area (Å²) >= 11 is 0. The highest BCUT2D eigenvalue weighted by atomic mass is 32.2. The lowest BCUT2D eigenvalue weighted by Gasteiger charge is -2.31. The second-order valence-corrected chi connectivity index (χ2v) is 6.89. The van der Waals surface area contributed by atoms with Gasteiger partial charge in [0.25, 0.3) is 0 Å². The predicted molar refractivity (Wildman–Crippen MR) is 66.3 cm³/mol. The lowest BCUT2D eigenvalue weighted by molar-refractivity contribution is -0.0500. The van der Waals surface area contributed by atoms with Crippen LogP contribution in [-0.4, -0.2) is 44.1 Å². The molecule has 106 valence electrons. The van der Waals surface area contributed by atoms with Crippen molar-refractivity contribution >= 4 is 15.7 Å². The second-order valence-electron chi connectivity index (χ2n) is 4.35. The van der Waals surface area contributed by atoms with Gasteiger partial charge in [-0.25, -0.2) is 13.4 Å². The van der Waals surface area contributed by atoms with E-state index in [0.717, 1.165) is 0 Å². The van der Waals surface area contributed by atoms with Crippen molar-refractivity contribution in [3.05, 3.63) is 18.3 Å². The number of alkyl halides is 2. The number of ether oxygens (including phenoxy) is 1. The van der Waals surface area contributed by atoms with Gasteiger partial charge in [-0.1, -0.05) is 0 Å². The highest BCUT2D eigenvalue weighted by Gasteiger charge is 2.29. The summed E-state index contributed by atoms with van der Waals surface area (Å²) in [5, 5.41) is -0.458. The van der Waals surface area contributed by atoms with Crippen LogP contribution in [0.5, 0.6) is 5.75 Å². The maximum Gasteiger partial charge on any atom is 0.387 e. The lowest BCUT2D eigenvalue weighted by Crippen LogP contribution is -2.45. The van der Waals surface area contributed by atoms with E-state index in [1.165, 1.54) is 12.3 Å². The molecule has 1 aliphatic heterocycles. The Bertz CT molecular complexity index is 533. The number of hydrogen-bond acceptors (Lipinski definition) is 5. The number of nitrogens with zero attached hydrogens (tertiary/aromatic N) is 2. The SMILES string of the molecule is CC1CN(c2ccc(OC(F)F)cn2)CCS1(=O)=O. The maximum absolute atomic E-state index is 12.0. The molecule has 8 heteroatoms. The minimum absolute atomic E-state index is 0.0172. The second kappa shape index (κ2) is 5.28. The van der Waals surface area contributed by atoms with Crippen LogP contribution in [0.1, 0.15) is 6.92 Å². The molecule has 0 amide bonds. The Kier molecular flexibility index (Phi) is 3.88. The molecule has 2 heterocycles. The van der Waals surface area contributed by atoms with Gasteiger partial charge in [-0.05, 0) is 19.1 Å². The summed E-state index contributed by atoms with van der Waals surface area (Å²) in [4.78, 5) is 5.83. The molecule has 1 fully saturated rings. The Morgan fingerprint density at radius 2 is 2.21 bits per heavy atom. The molecule has 0 spiro atoms. The van der Waals surface area contributed by atoms with E-state index >= 15 is 0 Å². The van der Waals surface area contributed by atoms with Crippen molar-refractivity contribution in [1.29, 1.82) is 0 Å². The molecule has 19 heavy (non-hydrogen) atoms. The van der Waals surface area contributed by atoms with E-state index < -0.39 is 21.7 Å². The molecule has 1 aliphatic rings. The average molecular weight is 292 g/mol. The van der Waals surface area contributed by atoms with E-state index in [-0.39, 0.29) is 11.5 Å².